The highest BCUT2D eigenvalue weighted by atomic mass is 32.2. The second kappa shape index (κ2) is 6.97. The van der Waals surface area contributed by atoms with Gasteiger partial charge in [0.15, 0.2) is 9.84 Å². The lowest BCUT2D eigenvalue weighted by atomic mass is 10.1. The number of rotatable bonds is 5. The van der Waals surface area contributed by atoms with Crippen molar-refractivity contribution in [1.82, 2.24) is 9.94 Å². The minimum absolute atomic E-state index is 0.112. The van der Waals surface area contributed by atoms with E-state index in [0.29, 0.717) is 16.0 Å². The first-order chi connectivity index (χ1) is 12.7. The first kappa shape index (κ1) is 18.8. The lowest BCUT2D eigenvalue weighted by Gasteiger charge is -2.08. The van der Waals surface area contributed by atoms with E-state index in [4.69, 9.17) is 4.28 Å². The lowest BCUT2D eigenvalue weighted by molar-refractivity contribution is 0.224. The van der Waals surface area contributed by atoms with Crippen molar-refractivity contribution in [1.29, 1.82) is 0 Å². The lowest BCUT2D eigenvalue weighted by Crippen LogP contribution is -2.32. The van der Waals surface area contributed by atoms with Gasteiger partial charge in [-0.15, -0.1) is 5.10 Å². The Morgan fingerprint density at radius 3 is 2.04 bits per heavy atom. The van der Waals surface area contributed by atoms with Crippen molar-refractivity contribution in [3.8, 4) is 11.1 Å². The zero-order chi connectivity index (χ0) is 19.7. The molecule has 0 aliphatic carbocycles. The van der Waals surface area contributed by atoms with Gasteiger partial charge in [0.2, 0.25) is 0 Å². The quantitative estimate of drug-likeness (QED) is 0.624. The monoisotopic (exact) mass is 406 g/mol. The van der Waals surface area contributed by atoms with Gasteiger partial charge in [0.25, 0.3) is 0 Å². The summed E-state index contributed by atoms with van der Waals surface area (Å²) in [6.45, 7) is 0. The normalized spacial score (nSPS) is 11.9. The van der Waals surface area contributed by atoms with Crippen LogP contribution >= 0.6 is 0 Å². The topological polar surface area (TPSA) is 112 Å². The molecule has 0 aliphatic rings. The summed E-state index contributed by atoms with van der Waals surface area (Å²) in [5.41, 5.74) is 0.140. The number of hydrogen-bond donors (Lipinski definition) is 0. The molecule has 0 atom stereocenters. The summed E-state index contributed by atoms with van der Waals surface area (Å²) >= 11 is 0. The predicted molar refractivity (Wildman–Crippen MR) is 97.3 cm³/mol. The van der Waals surface area contributed by atoms with Gasteiger partial charge in [-0.05, 0) is 34.7 Å². The Morgan fingerprint density at radius 1 is 0.852 bits per heavy atom. The summed E-state index contributed by atoms with van der Waals surface area (Å²) in [6, 6.07) is 14.4. The van der Waals surface area contributed by atoms with Crippen molar-refractivity contribution in [2.24, 2.45) is 0 Å². The van der Waals surface area contributed by atoms with E-state index < -0.39 is 25.5 Å². The van der Waals surface area contributed by atoms with E-state index in [1.54, 1.807) is 6.07 Å². The molecule has 0 saturated carbocycles. The zero-order valence-electron chi connectivity index (χ0n) is 14.0. The number of nitrogens with zero attached hydrogens (tertiary/aromatic N) is 2. The summed E-state index contributed by atoms with van der Waals surface area (Å²) < 4.78 is 52.1. The minimum Gasteiger partial charge on any atom is -0.264 e. The van der Waals surface area contributed by atoms with Gasteiger partial charge < -0.3 is 0 Å². The number of hydrogen-bond acceptors (Lipinski definition) is 7. The van der Waals surface area contributed by atoms with Crippen LogP contribution in [-0.2, 0) is 20.0 Å². The fourth-order valence-electron chi connectivity index (χ4n) is 2.23. The molecule has 0 N–H and O–H groups in total. The Hall–Kier alpha value is -2.98. The maximum atomic E-state index is 12.2. The zero-order valence-corrected chi connectivity index (χ0v) is 15.6. The molecule has 0 saturated heterocycles. The second-order valence-electron chi connectivity index (χ2n) is 5.59. The Labute approximate surface area is 155 Å². The molecule has 1 aromatic heterocycles. The first-order valence-electron chi connectivity index (χ1n) is 7.57. The summed E-state index contributed by atoms with van der Waals surface area (Å²) in [5.74, 6) is 0. The second-order valence-corrected chi connectivity index (χ2v) is 9.14. The van der Waals surface area contributed by atoms with E-state index in [2.05, 4.69) is 5.10 Å². The fourth-order valence-corrected chi connectivity index (χ4v) is 3.73. The number of aromatic nitrogens is 2. The van der Waals surface area contributed by atoms with E-state index >= 15 is 0 Å². The molecule has 27 heavy (non-hydrogen) atoms. The van der Waals surface area contributed by atoms with Crippen molar-refractivity contribution < 1.29 is 21.1 Å². The third-order valence-electron chi connectivity index (χ3n) is 3.59. The first-order valence-corrected chi connectivity index (χ1v) is 10.9. The van der Waals surface area contributed by atoms with Gasteiger partial charge in [-0.1, -0.05) is 30.3 Å². The molecule has 10 heteroatoms. The van der Waals surface area contributed by atoms with Crippen LogP contribution in [0.4, 0.5) is 0 Å². The van der Waals surface area contributed by atoms with Crippen LogP contribution in [0.15, 0.2) is 81.4 Å². The molecular weight excluding hydrogens is 392 g/mol. The van der Waals surface area contributed by atoms with Gasteiger partial charge in [-0.25, -0.2) is 8.42 Å². The van der Waals surface area contributed by atoms with Gasteiger partial charge in [0, 0.05) is 17.9 Å². The van der Waals surface area contributed by atoms with Crippen LogP contribution in [0, 0.1) is 0 Å². The summed E-state index contributed by atoms with van der Waals surface area (Å²) in [6.07, 6.45) is 2.34. The summed E-state index contributed by atoms with van der Waals surface area (Å²) in [5, 5.41) is 3.72. The molecule has 2 aromatic carbocycles. The fraction of sp³-hybridized carbons (Fsp3) is 0.0588. The smallest absolute Gasteiger partial charge is 0.264 e. The van der Waals surface area contributed by atoms with E-state index in [1.165, 1.54) is 54.7 Å². The molecule has 0 bridgehead atoms. The highest BCUT2D eigenvalue weighted by molar-refractivity contribution is 7.90. The Kier molecular flexibility index (Phi) is 4.85. The molecule has 3 aromatic rings. The van der Waals surface area contributed by atoms with Crippen LogP contribution in [0.5, 0.6) is 0 Å². The van der Waals surface area contributed by atoms with Crippen LogP contribution in [0.25, 0.3) is 11.1 Å². The number of benzene rings is 2. The highest BCUT2D eigenvalue weighted by Crippen LogP contribution is 2.19. The molecule has 8 nitrogen and oxygen atoms in total. The molecule has 0 fully saturated rings. The van der Waals surface area contributed by atoms with E-state index in [0.717, 1.165) is 12.3 Å². The molecule has 140 valence electrons. The van der Waals surface area contributed by atoms with Crippen LogP contribution in [0.2, 0.25) is 0 Å². The predicted octanol–water partition coefficient (Wildman–Crippen LogP) is 1.13. The average Bonchev–Trinajstić information content (AvgIpc) is 2.63. The van der Waals surface area contributed by atoms with E-state index in [9.17, 15) is 21.6 Å². The average molecular weight is 406 g/mol. The van der Waals surface area contributed by atoms with Gasteiger partial charge in [0.1, 0.15) is 4.90 Å². The molecule has 1 heterocycles. The third kappa shape index (κ3) is 4.23. The molecular formula is C17H14N2O6S2. The number of sulfone groups is 1. The van der Waals surface area contributed by atoms with Crippen molar-refractivity contribution in [3.05, 3.63) is 77.2 Å². The Balaban J connectivity index is 1.89. The van der Waals surface area contributed by atoms with Gasteiger partial charge >= 0.3 is 15.7 Å². The Morgan fingerprint density at radius 2 is 1.48 bits per heavy atom. The van der Waals surface area contributed by atoms with E-state index in [-0.39, 0.29) is 9.79 Å². The largest absolute Gasteiger partial charge is 0.358 e. The maximum absolute atomic E-state index is 12.2. The van der Waals surface area contributed by atoms with E-state index in [1.807, 2.05) is 0 Å². The van der Waals surface area contributed by atoms with Crippen LogP contribution in [-0.4, -0.2) is 33.0 Å². The minimum atomic E-state index is -4.20. The van der Waals surface area contributed by atoms with Crippen molar-refractivity contribution >= 4 is 20.0 Å². The summed E-state index contributed by atoms with van der Waals surface area (Å²) in [4.78, 5) is 12.6. The van der Waals surface area contributed by atoms with Crippen molar-refractivity contribution in [2.75, 3.05) is 6.26 Å². The van der Waals surface area contributed by atoms with Gasteiger partial charge in [-0.2, -0.15) is 8.42 Å². The SMILES string of the molecule is CS(=O)(=O)c1ccc(-c2cnn(OS(=O)(=O)c3ccccc3)c(=O)c2)cc1. The molecule has 0 amide bonds. The van der Waals surface area contributed by atoms with Crippen LogP contribution in [0.1, 0.15) is 0 Å². The van der Waals surface area contributed by atoms with Crippen molar-refractivity contribution in [2.45, 2.75) is 9.79 Å². The molecule has 0 spiro atoms. The van der Waals surface area contributed by atoms with Crippen LogP contribution in [0.3, 0.4) is 0 Å². The summed E-state index contributed by atoms with van der Waals surface area (Å²) in [7, 11) is -7.53. The van der Waals surface area contributed by atoms with Crippen LogP contribution < -0.4 is 9.84 Å². The third-order valence-corrected chi connectivity index (χ3v) is 5.90. The molecule has 3 rings (SSSR count). The molecule has 0 radical (unpaired) electrons. The molecule has 0 unspecified atom stereocenters. The highest BCUT2D eigenvalue weighted by Gasteiger charge is 2.18. The van der Waals surface area contributed by atoms with Crippen molar-refractivity contribution in [3.63, 3.8) is 0 Å². The Bertz CT molecular complexity index is 1230. The van der Waals surface area contributed by atoms with Gasteiger partial charge in [0.05, 0.1) is 11.1 Å². The maximum Gasteiger partial charge on any atom is 0.358 e. The van der Waals surface area contributed by atoms with Gasteiger partial charge in [-0.3, -0.25) is 9.08 Å². The molecule has 0 aliphatic heterocycles. The standard InChI is InChI=1S/C17H14N2O6S2/c1-26(21,22)15-9-7-13(8-10-15)14-11-17(20)19(18-12-14)25-27(23,24)16-5-3-2-4-6-16/h2-12H,1H3.